The summed E-state index contributed by atoms with van der Waals surface area (Å²) in [6.07, 6.45) is 0. The third-order valence-electron chi connectivity index (χ3n) is 2.85. The first kappa shape index (κ1) is 13.6. The first-order chi connectivity index (χ1) is 8.65. The summed E-state index contributed by atoms with van der Waals surface area (Å²) in [6, 6.07) is 16.6. The van der Waals surface area contributed by atoms with Gasteiger partial charge in [-0.05, 0) is 42.3 Å². The first-order valence-corrected chi connectivity index (χ1v) is 7.05. The summed E-state index contributed by atoms with van der Waals surface area (Å²) < 4.78 is 1.11. The van der Waals surface area contributed by atoms with Crippen molar-refractivity contribution in [1.82, 2.24) is 5.32 Å². The van der Waals surface area contributed by atoms with Crippen LogP contribution in [0.4, 0.5) is 0 Å². The van der Waals surface area contributed by atoms with Crippen LogP contribution in [0.3, 0.4) is 0 Å². The molecule has 0 aliphatic rings. The monoisotopic (exact) mass is 323 g/mol. The fraction of sp³-hybridized carbons (Fsp3) is 0.200. The summed E-state index contributed by atoms with van der Waals surface area (Å²) >= 11 is 9.45. The standard InChI is InChI=1S/C15H15BrClN/c1-11(13-5-3-6-14(16)9-13)18-10-12-4-2-7-15(17)8-12/h2-9,11,18H,10H2,1H3. The second kappa shape index (κ2) is 6.37. The van der Waals surface area contributed by atoms with Crippen molar-refractivity contribution < 1.29 is 0 Å². The highest BCUT2D eigenvalue weighted by Gasteiger charge is 2.05. The molecule has 0 bridgehead atoms. The Hall–Kier alpha value is -0.830. The molecule has 0 aromatic heterocycles. The molecule has 1 N–H and O–H groups in total. The molecule has 0 amide bonds. The van der Waals surface area contributed by atoms with E-state index in [4.69, 9.17) is 11.6 Å². The molecule has 0 aliphatic carbocycles. The Kier molecular flexibility index (Phi) is 4.81. The van der Waals surface area contributed by atoms with Crippen molar-refractivity contribution >= 4 is 27.5 Å². The van der Waals surface area contributed by atoms with Gasteiger partial charge in [-0.3, -0.25) is 0 Å². The average Bonchev–Trinajstić information content (AvgIpc) is 2.36. The Morgan fingerprint density at radius 3 is 2.67 bits per heavy atom. The van der Waals surface area contributed by atoms with Crippen molar-refractivity contribution in [3.05, 3.63) is 69.2 Å². The van der Waals surface area contributed by atoms with E-state index in [1.54, 1.807) is 0 Å². The number of rotatable bonds is 4. The maximum absolute atomic E-state index is 5.96. The minimum Gasteiger partial charge on any atom is -0.306 e. The second-order valence-corrected chi connectivity index (χ2v) is 5.64. The highest BCUT2D eigenvalue weighted by Crippen LogP contribution is 2.18. The molecule has 94 valence electrons. The van der Waals surface area contributed by atoms with Gasteiger partial charge >= 0.3 is 0 Å². The van der Waals surface area contributed by atoms with Crippen LogP contribution in [-0.2, 0) is 6.54 Å². The van der Waals surface area contributed by atoms with Gasteiger partial charge in [0.05, 0.1) is 0 Å². The number of nitrogens with one attached hydrogen (secondary N) is 1. The molecule has 1 nitrogen and oxygen atoms in total. The maximum atomic E-state index is 5.96. The lowest BCUT2D eigenvalue weighted by atomic mass is 10.1. The van der Waals surface area contributed by atoms with E-state index in [1.807, 2.05) is 24.3 Å². The zero-order chi connectivity index (χ0) is 13.0. The van der Waals surface area contributed by atoms with Gasteiger partial charge in [0.25, 0.3) is 0 Å². The Morgan fingerprint density at radius 1 is 1.17 bits per heavy atom. The highest BCUT2D eigenvalue weighted by molar-refractivity contribution is 9.10. The maximum Gasteiger partial charge on any atom is 0.0409 e. The van der Waals surface area contributed by atoms with Crippen LogP contribution < -0.4 is 5.32 Å². The van der Waals surface area contributed by atoms with E-state index in [9.17, 15) is 0 Å². The van der Waals surface area contributed by atoms with Crippen molar-refractivity contribution in [2.75, 3.05) is 0 Å². The molecule has 3 heteroatoms. The summed E-state index contributed by atoms with van der Waals surface area (Å²) in [5.74, 6) is 0. The van der Waals surface area contributed by atoms with Crippen LogP contribution in [0.1, 0.15) is 24.1 Å². The SMILES string of the molecule is CC(NCc1cccc(Cl)c1)c1cccc(Br)c1. The topological polar surface area (TPSA) is 12.0 Å². The predicted octanol–water partition coefficient (Wildman–Crippen LogP) is 4.95. The van der Waals surface area contributed by atoms with Gasteiger partial charge in [0, 0.05) is 22.1 Å². The molecule has 0 fully saturated rings. The fourth-order valence-corrected chi connectivity index (χ4v) is 2.44. The zero-order valence-electron chi connectivity index (χ0n) is 10.2. The van der Waals surface area contributed by atoms with Gasteiger partial charge in [0.1, 0.15) is 0 Å². The smallest absolute Gasteiger partial charge is 0.0409 e. The van der Waals surface area contributed by atoms with Crippen LogP contribution in [-0.4, -0.2) is 0 Å². The molecule has 0 heterocycles. The Morgan fingerprint density at radius 2 is 1.94 bits per heavy atom. The summed E-state index contributed by atoms with van der Waals surface area (Å²) in [7, 11) is 0. The molecule has 2 aromatic carbocycles. The summed E-state index contributed by atoms with van der Waals surface area (Å²) in [4.78, 5) is 0. The van der Waals surface area contributed by atoms with Gasteiger partial charge in [-0.2, -0.15) is 0 Å². The average molecular weight is 325 g/mol. The van der Waals surface area contributed by atoms with Crippen LogP contribution >= 0.6 is 27.5 Å². The van der Waals surface area contributed by atoms with Gasteiger partial charge < -0.3 is 5.32 Å². The van der Waals surface area contributed by atoms with E-state index < -0.39 is 0 Å². The minimum atomic E-state index is 0.307. The molecule has 1 atom stereocenters. The molecular formula is C15H15BrClN. The quantitative estimate of drug-likeness (QED) is 0.838. The van der Waals surface area contributed by atoms with E-state index in [1.165, 1.54) is 11.1 Å². The van der Waals surface area contributed by atoms with Gasteiger partial charge in [0.2, 0.25) is 0 Å². The van der Waals surface area contributed by atoms with Crippen molar-refractivity contribution in [2.45, 2.75) is 19.5 Å². The molecule has 0 saturated carbocycles. The third-order valence-corrected chi connectivity index (χ3v) is 3.58. The molecule has 2 aromatic rings. The van der Waals surface area contributed by atoms with Crippen molar-refractivity contribution in [1.29, 1.82) is 0 Å². The van der Waals surface area contributed by atoms with E-state index in [-0.39, 0.29) is 0 Å². The largest absolute Gasteiger partial charge is 0.306 e. The minimum absolute atomic E-state index is 0.307. The summed E-state index contributed by atoms with van der Waals surface area (Å²) in [6.45, 7) is 2.97. The Balaban J connectivity index is 1.98. The van der Waals surface area contributed by atoms with Gasteiger partial charge in [-0.25, -0.2) is 0 Å². The predicted molar refractivity (Wildman–Crippen MR) is 80.8 cm³/mol. The van der Waals surface area contributed by atoms with E-state index >= 15 is 0 Å². The van der Waals surface area contributed by atoms with E-state index in [0.717, 1.165) is 16.0 Å². The third kappa shape index (κ3) is 3.84. The van der Waals surface area contributed by atoms with Crippen molar-refractivity contribution in [3.63, 3.8) is 0 Å². The van der Waals surface area contributed by atoms with Gasteiger partial charge in [0.15, 0.2) is 0 Å². The number of halogens is 2. The Bertz CT molecular complexity index is 527. The lowest BCUT2D eigenvalue weighted by Crippen LogP contribution is -2.17. The van der Waals surface area contributed by atoms with Crippen LogP contribution in [0.5, 0.6) is 0 Å². The zero-order valence-corrected chi connectivity index (χ0v) is 12.5. The van der Waals surface area contributed by atoms with Crippen molar-refractivity contribution in [3.8, 4) is 0 Å². The summed E-state index contributed by atoms with van der Waals surface area (Å²) in [5, 5.41) is 4.27. The molecular weight excluding hydrogens is 310 g/mol. The fourth-order valence-electron chi connectivity index (χ4n) is 1.81. The number of benzene rings is 2. The molecule has 2 rings (SSSR count). The van der Waals surface area contributed by atoms with Gasteiger partial charge in [-0.1, -0.05) is 51.8 Å². The molecule has 0 spiro atoms. The molecule has 0 saturated heterocycles. The summed E-state index contributed by atoms with van der Waals surface area (Å²) in [5.41, 5.74) is 2.47. The number of hydrogen-bond acceptors (Lipinski definition) is 1. The van der Waals surface area contributed by atoms with Crippen LogP contribution in [0.2, 0.25) is 5.02 Å². The first-order valence-electron chi connectivity index (χ1n) is 5.88. The normalized spacial score (nSPS) is 12.4. The van der Waals surface area contributed by atoms with Gasteiger partial charge in [-0.15, -0.1) is 0 Å². The molecule has 1 unspecified atom stereocenters. The van der Waals surface area contributed by atoms with Crippen LogP contribution in [0.25, 0.3) is 0 Å². The van der Waals surface area contributed by atoms with Crippen LogP contribution in [0.15, 0.2) is 53.0 Å². The van der Waals surface area contributed by atoms with Crippen LogP contribution in [0, 0.1) is 0 Å². The molecule has 0 radical (unpaired) electrons. The molecule has 0 aliphatic heterocycles. The van der Waals surface area contributed by atoms with Crippen molar-refractivity contribution in [2.24, 2.45) is 0 Å². The molecule has 18 heavy (non-hydrogen) atoms. The van der Waals surface area contributed by atoms with E-state index in [0.29, 0.717) is 6.04 Å². The second-order valence-electron chi connectivity index (χ2n) is 4.29. The lowest BCUT2D eigenvalue weighted by molar-refractivity contribution is 0.574. The lowest BCUT2D eigenvalue weighted by Gasteiger charge is -2.14. The Labute approximate surface area is 121 Å². The highest BCUT2D eigenvalue weighted by atomic mass is 79.9. The van der Waals surface area contributed by atoms with E-state index in [2.05, 4.69) is 52.4 Å². The number of hydrogen-bond donors (Lipinski definition) is 1.